The summed E-state index contributed by atoms with van der Waals surface area (Å²) in [5.41, 5.74) is 1.59. The number of likely N-dealkylation sites (tertiary alicyclic amines) is 1. The minimum Gasteiger partial charge on any atom is -0.489 e. The minimum atomic E-state index is -0.174. The molecule has 28 heavy (non-hydrogen) atoms. The second-order valence-corrected chi connectivity index (χ2v) is 7.41. The van der Waals surface area contributed by atoms with Crippen molar-refractivity contribution >= 4 is 17.5 Å². The highest BCUT2D eigenvalue weighted by atomic mass is 35.5. The Kier molecular flexibility index (Phi) is 7.30. The molecule has 0 spiro atoms. The number of imidazole rings is 1. The van der Waals surface area contributed by atoms with Crippen molar-refractivity contribution in [1.29, 1.82) is 0 Å². The largest absolute Gasteiger partial charge is 0.489 e. The number of rotatable bonds is 8. The Labute approximate surface area is 170 Å². The number of carbonyl (C=O) groups is 1. The number of methoxy groups -OCH3 is 1. The van der Waals surface area contributed by atoms with Gasteiger partial charge in [0, 0.05) is 44.2 Å². The van der Waals surface area contributed by atoms with Crippen LogP contribution >= 0.6 is 11.6 Å². The lowest BCUT2D eigenvalue weighted by Gasteiger charge is -2.31. The summed E-state index contributed by atoms with van der Waals surface area (Å²) in [6.45, 7) is 5.66. The molecule has 1 aromatic carbocycles. The first-order valence-corrected chi connectivity index (χ1v) is 9.89. The number of hydrogen-bond donors (Lipinski definition) is 2. The molecule has 7 nitrogen and oxygen atoms in total. The van der Waals surface area contributed by atoms with Gasteiger partial charge in [-0.05, 0) is 38.0 Å². The summed E-state index contributed by atoms with van der Waals surface area (Å²) < 4.78 is 11.0. The van der Waals surface area contributed by atoms with E-state index in [4.69, 9.17) is 21.1 Å². The summed E-state index contributed by atoms with van der Waals surface area (Å²) in [6, 6.07) is 5.15. The van der Waals surface area contributed by atoms with E-state index >= 15 is 0 Å². The SMILES string of the molecule is COCCNC(=O)c1ccc(OC2CCN(Cc3ncc(C)[nH]3)CC2)c(Cl)c1. The molecule has 1 saturated heterocycles. The summed E-state index contributed by atoms with van der Waals surface area (Å²) >= 11 is 6.34. The van der Waals surface area contributed by atoms with Gasteiger partial charge >= 0.3 is 0 Å². The Morgan fingerprint density at radius 3 is 2.82 bits per heavy atom. The van der Waals surface area contributed by atoms with Crippen LogP contribution in [0.15, 0.2) is 24.4 Å². The van der Waals surface area contributed by atoms with E-state index in [0.717, 1.165) is 44.0 Å². The normalized spacial score (nSPS) is 15.5. The fourth-order valence-corrected chi connectivity index (χ4v) is 3.46. The first-order chi connectivity index (χ1) is 13.5. The van der Waals surface area contributed by atoms with Crippen molar-refractivity contribution in [3.63, 3.8) is 0 Å². The molecular formula is C20H27ClN4O3. The van der Waals surface area contributed by atoms with E-state index in [1.807, 2.05) is 13.1 Å². The van der Waals surface area contributed by atoms with Gasteiger partial charge < -0.3 is 19.8 Å². The van der Waals surface area contributed by atoms with E-state index in [1.54, 1.807) is 25.3 Å². The molecule has 0 unspecified atom stereocenters. The molecule has 2 N–H and O–H groups in total. The number of H-pyrrole nitrogens is 1. The first kappa shape index (κ1) is 20.6. The van der Waals surface area contributed by atoms with Crippen LogP contribution in [0, 0.1) is 6.92 Å². The summed E-state index contributed by atoms with van der Waals surface area (Å²) in [6.07, 6.45) is 3.83. The molecule has 2 aromatic rings. The number of ether oxygens (including phenoxy) is 2. The molecular weight excluding hydrogens is 380 g/mol. The third kappa shape index (κ3) is 5.70. The van der Waals surface area contributed by atoms with E-state index < -0.39 is 0 Å². The maximum atomic E-state index is 12.1. The molecule has 1 fully saturated rings. The highest BCUT2D eigenvalue weighted by molar-refractivity contribution is 6.32. The van der Waals surface area contributed by atoms with Gasteiger partial charge in [0.1, 0.15) is 17.7 Å². The van der Waals surface area contributed by atoms with Gasteiger partial charge in [-0.25, -0.2) is 4.98 Å². The van der Waals surface area contributed by atoms with Crippen LogP contribution in [0.2, 0.25) is 5.02 Å². The van der Waals surface area contributed by atoms with Crippen molar-refractivity contribution in [2.24, 2.45) is 0 Å². The molecule has 3 rings (SSSR count). The highest BCUT2D eigenvalue weighted by Gasteiger charge is 2.22. The van der Waals surface area contributed by atoms with Crippen molar-refractivity contribution in [2.75, 3.05) is 33.4 Å². The van der Waals surface area contributed by atoms with Crippen molar-refractivity contribution in [1.82, 2.24) is 20.2 Å². The average molecular weight is 407 g/mol. The average Bonchev–Trinajstić information content (AvgIpc) is 3.09. The lowest BCUT2D eigenvalue weighted by molar-refractivity contribution is 0.0934. The van der Waals surface area contributed by atoms with Gasteiger partial charge in [0.05, 0.1) is 18.2 Å². The van der Waals surface area contributed by atoms with Gasteiger partial charge in [0.15, 0.2) is 0 Å². The number of benzene rings is 1. The van der Waals surface area contributed by atoms with Crippen LogP contribution in [-0.2, 0) is 11.3 Å². The predicted octanol–water partition coefficient (Wildman–Crippen LogP) is 2.79. The van der Waals surface area contributed by atoms with E-state index in [0.29, 0.717) is 29.5 Å². The third-order valence-electron chi connectivity index (χ3n) is 4.74. The third-order valence-corrected chi connectivity index (χ3v) is 5.04. The number of hydrogen-bond acceptors (Lipinski definition) is 5. The maximum absolute atomic E-state index is 12.1. The van der Waals surface area contributed by atoms with Crippen LogP contribution in [0.5, 0.6) is 5.75 Å². The monoisotopic (exact) mass is 406 g/mol. The van der Waals surface area contributed by atoms with Crippen molar-refractivity contribution in [3.05, 3.63) is 46.5 Å². The smallest absolute Gasteiger partial charge is 0.251 e. The molecule has 0 radical (unpaired) electrons. The van der Waals surface area contributed by atoms with E-state index in [1.165, 1.54) is 0 Å². The number of aromatic amines is 1. The number of aromatic nitrogens is 2. The Bertz CT molecular complexity index is 788. The van der Waals surface area contributed by atoms with Crippen molar-refractivity contribution in [3.8, 4) is 5.75 Å². The van der Waals surface area contributed by atoms with Gasteiger partial charge in [-0.15, -0.1) is 0 Å². The fraction of sp³-hybridized carbons (Fsp3) is 0.500. The zero-order valence-electron chi connectivity index (χ0n) is 16.3. The molecule has 152 valence electrons. The van der Waals surface area contributed by atoms with Crippen molar-refractivity contribution in [2.45, 2.75) is 32.4 Å². The fourth-order valence-electron chi connectivity index (χ4n) is 3.23. The first-order valence-electron chi connectivity index (χ1n) is 9.51. The van der Waals surface area contributed by atoms with Crippen LogP contribution < -0.4 is 10.1 Å². The summed E-state index contributed by atoms with van der Waals surface area (Å²) in [7, 11) is 1.59. The maximum Gasteiger partial charge on any atom is 0.251 e. The van der Waals surface area contributed by atoms with Crippen LogP contribution in [0.25, 0.3) is 0 Å². The van der Waals surface area contributed by atoms with Gasteiger partial charge in [-0.1, -0.05) is 11.6 Å². The van der Waals surface area contributed by atoms with Crippen LogP contribution in [0.1, 0.15) is 34.7 Å². The summed E-state index contributed by atoms with van der Waals surface area (Å²) in [4.78, 5) is 22.1. The zero-order valence-corrected chi connectivity index (χ0v) is 17.1. The standard InChI is InChI=1S/C20H27ClN4O3/c1-14-12-23-19(24-14)13-25-8-5-16(6-9-25)28-18-4-3-15(11-17(18)21)20(26)22-7-10-27-2/h3-4,11-12,16H,5-10,13H2,1-2H3,(H,22,26)(H,23,24). The second-order valence-electron chi connectivity index (χ2n) is 7.00. The van der Waals surface area contributed by atoms with Crippen LogP contribution in [0.3, 0.4) is 0 Å². The van der Waals surface area contributed by atoms with E-state index in [-0.39, 0.29) is 12.0 Å². The molecule has 8 heteroatoms. The minimum absolute atomic E-state index is 0.119. The number of halogens is 1. The van der Waals surface area contributed by atoms with Gasteiger partial charge in [-0.2, -0.15) is 0 Å². The topological polar surface area (TPSA) is 79.5 Å². The molecule has 1 amide bonds. The summed E-state index contributed by atoms with van der Waals surface area (Å²) in [5.74, 6) is 1.45. The molecule has 0 bridgehead atoms. The predicted molar refractivity (Wildman–Crippen MR) is 108 cm³/mol. The number of aryl methyl sites for hydroxylation is 1. The van der Waals surface area contributed by atoms with Gasteiger partial charge in [0.2, 0.25) is 0 Å². The molecule has 0 aliphatic carbocycles. The molecule has 1 aromatic heterocycles. The Morgan fingerprint density at radius 2 is 2.18 bits per heavy atom. The van der Waals surface area contributed by atoms with Gasteiger partial charge in [0.25, 0.3) is 5.91 Å². The lowest BCUT2D eigenvalue weighted by Crippen LogP contribution is -2.38. The van der Waals surface area contributed by atoms with Gasteiger partial charge in [-0.3, -0.25) is 9.69 Å². The molecule has 1 aliphatic rings. The van der Waals surface area contributed by atoms with Crippen LogP contribution in [-0.4, -0.2) is 60.2 Å². The second kappa shape index (κ2) is 9.91. The summed E-state index contributed by atoms with van der Waals surface area (Å²) in [5, 5.41) is 3.23. The van der Waals surface area contributed by atoms with Crippen LogP contribution in [0.4, 0.5) is 0 Å². The van der Waals surface area contributed by atoms with Crippen molar-refractivity contribution < 1.29 is 14.3 Å². The Balaban J connectivity index is 1.48. The number of piperidine rings is 1. The molecule has 2 heterocycles. The Hall–Kier alpha value is -2.09. The highest BCUT2D eigenvalue weighted by Crippen LogP contribution is 2.28. The number of amides is 1. The van der Waals surface area contributed by atoms with E-state index in [2.05, 4.69) is 20.2 Å². The lowest BCUT2D eigenvalue weighted by atomic mass is 10.1. The number of nitrogens with one attached hydrogen (secondary N) is 2. The Morgan fingerprint density at radius 1 is 1.39 bits per heavy atom. The quantitative estimate of drug-likeness (QED) is 0.659. The molecule has 0 atom stereocenters. The zero-order chi connectivity index (χ0) is 19.9. The molecule has 0 saturated carbocycles. The number of carbonyl (C=O) groups excluding carboxylic acids is 1. The molecule has 1 aliphatic heterocycles. The number of nitrogens with zero attached hydrogens (tertiary/aromatic N) is 2. The van der Waals surface area contributed by atoms with E-state index in [9.17, 15) is 4.79 Å².